The lowest BCUT2D eigenvalue weighted by atomic mass is 9.95. The van der Waals surface area contributed by atoms with Gasteiger partial charge in [0, 0.05) is 22.5 Å². The SMILES string of the molecule is COC(=O)Cn1c(C)c(C(C)c2nc[nH]c2S(=O)(=O)c2ccccc2)c2cc(F)ccc21. The van der Waals surface area contributed by atoms with Crippen LogP contribution in [0, 0.1) is 12.7 Å². The van der Waals surface area contributed by atoms with Gasteiger partial charge in [-0.1, -0.05) is 25.1 Å². The van der Waals surface area contributed by atoms with Gasteiger partial charge in [-0.2, -0.15) is 0 Å². The lowest BCUT2D eigenvalue weighted by Crippen LogP contribution is -2.13. The van der Waals surface area contributed by atoms with Gasteiger partial charge in [0.15, 0.2) is 5.03 Å². The van der Waals surface area contributed by atoms with E-state index in [9.17, 15) is 17.6 Å². The summed E-state index contributed by atoms with van der Waals surface area (Å²) in [6.45, 7) is 3.58. The van der Waals surface area contributed by atoms with Crippen LogP contribution in [0.2, 0.25) is 0 Å². The molecule has 0 saturated heterocycles. The fraction of sp³-hybridized carbons (Fsp3) is 0.217. The molecule has 1 unspecified atom stereocenters. The van der Waals surface area contributed by atoms with E-state index in [1.54, 1.807) is 28.8 Å². The maximum Gasteiger partial charge on any atom is 0.325 e. The summed E-state index contributed by atoms with van der Waals surface area (Å²) in [5.41, 5.74) is 2.37. The van der Waals surface area contributed by atoms with Gasteiger partial charge in [0.1, 0.15) is 12.4 Å². The van der Waals surface area contributed by atoms with Crippen LogP contribution in [0.15, 0.2) is 64.8 Å². The van der Waals surface area contributed by atoms with Crippen molar-refractivity contribution in [3.05, 3.63) is 77.6 Å². The largest absolute Gasteiger partial charge is 0.468 e. The highest BCUT2D eigenvalue weighted by atomic mass is 32.2. The molecule has 0 bridgehead atoms. The molecule has 0 saturated carbocycles. The number of nitrogens with one attached hydrogen (secondary N) is 1. The van der Waals surface area contributed by atoms with E-state index in [4.69, 9.17) is 4.74 Å². The van der Waals surface area contributed by atoms with Crippen molar-refractivity contribution in [1.29, 1.82) is 0 Å². The fourth-order valence-electron chi connectivity index (χ4n) is 4.10. The second-order valence-electron chi connectivity index (χ2n) is 7.48. The van der Waals surface area contributed by atoms with Gasteiger partial charge >= 0.3 is 5.97 Å². The summed E-state index contributed by atoms with van der Waals surface area (Å²) < 4.78 is 47.2. The first kappa shape index (κ1) is 21.8. The van der Waals surface area contributed by atoms with E-state index in [0.29, 0.717) is 27.9 Å². The lowest BCUT2D eigenvalue weighted by molar-refractivity contribution is -0.141. The van der Waals surface area contributed by atoms with Gasteiger partial charge in [0.05, 0.1) is 24.0 Å². The first-order valence-corrected chi connectivity index (χ1v) is 11.4. The zero-order valence-corrected chi connectivity index (χ0v) is 18.6. The molecule has 7 nitrogen and oxygen atoms in total. The van der Waals surface area contributed by atoms with Gasteiger partial charge in [-0.25, -0.2) is 17.8 Å². The van der Waals surface area contributed by atoms with Crippen LogP contribution in [0.5, 0.6) is 0 Å². The number of carbonyl (C=O) groups is 1. The smallest absolute Gasteiger partial charge is 0.325 e. The number of imidazole rings is 1. The third-order valence-corrected chi connectivity index (χ3v) is 7.40. The third kappa shape index (κ3) is 3.58. The van der Waals surface area contributed by atoms with E-state index in [-0.39, 0.29) is 16.5 Å². The molecule has 0 spiro atoms. The monoisotopic (exact) mass is 455 g/mol. The van der Waals surface area contributed by atoms with Crippen LogP contribution in [-0.2, 0) is 25.9 Å². The number of ether oxygens (including phenoxy) is 1. The van der Waals surface area contributed by atoms with Gasteiger partial charge in [-0.05, 0) is 42.8 Å². The van der Waals surface area contributed by atoms with Crippen molar-refractivity contribution >= 4 is 26.7 Å². The molecule has 32 heavy (non-hydrogen) atoms. The number of sulfone groups is 1. The maximum absolute atomic E-state index is 14.2. The highest BCUT2D eigenvalue weighted by molar-refractivity contribution is 7.91. The number of aromatic nitrogens is 3. The zero-order chi connectivity index (χ0) is 23.0. The molecule has 9 heteroatoms. The average Bonchev–Trinajstić information content (AvgIpc) is 3.38. The number of benzene rings is 2. The van der Waals surface area contributed by atoms with Crippen molar-refractivity contribution in [2.45, 2.75) is 36.2 Å². The summed E-state index contributed by atoms with van der Waals surface area (Å²) in [7, 11) is -2.54. The second kappa shape index (κ2) is 8.23. The van der Waals surface area contributed by atoms with Gasteiger partial charge in [0.25, 0.3) is 0 Å². The molecule has 2 heterocycles. The molecule has 1 atom stereocenters. The number of aromatic amines is 1. The van der Waals surface area contributed by atoms with Crippen molar-refractivity contribution < 1.29 is 22.3 Å². The number of carbonyl (C=O) groups excluding carboxylic acids is 1. The van der Waals surface area contributed by atoms with E-state index in [0.717, 1.165) is 0 Å². The molecule has 0 aliphatic rings. The Bertz CT molecular complexity index is 1410. The normalized spacial score (nSPS) is 12.8. The van der Waals surface area contributed by atoms with Gasteiger partial charge in [-0.3, -0.25) is 4.79 Å². The standard InChI is InChI=1S/C23H22FN3O4S/c1-14(22-23(26-13-25-22)32(29,30)17-7-5-4-6-8-17)21-15(2)27(12-20(28)31-3)19-10-9-16(24)11-18(19)21/h4-11,13-14H,12H2,1-3H3,(H,25,26). The maximum atomic E-state index is 14.2. The van der Waals surface area contributed by atoms with Crippen molar-refractivity contribution in [2.24, 2.45) is 0 Å². The topological polar surface area (TPSA) is 94.1 Å². The molecule has 0 radical (unpaired) electrons. The summed E-state index contributed by atoms with van der Waals surface area (Å²) in [5.74, 6) is -1.38. The molecular weight excluding hydrogens is 433 g/mol. The molecule has 4 aromatic rings. The number of fused-ring (bicyclic) bond motifs is 1. The van der Waals surface area contributed by atoms with E-state index < -0.39 is 27.5 Å². The van der Waals surface area contributed by atoms with Crippen LogP contribution in [0.3, 0.4) is 0 Å². The summed E-state index contributed by atoms with van der Waals surface area (Å²) in [5, 5.41) is 0.575. The number of esters is 1. The molecule has 0 aliphatic carbocycles. The van der Waals surface area contributed by atoms with Crippen LogP contribution in [0.1, 0.15) is 29.8 Å². The van der Waals surface area contributed by atoms with Crippen LogP contribution in [0.25, 0.3) is 10.9 Å². The summed E-state index contributed by atoms with van der Waals surface area (Å²) in [6.07, 6.45) is 1.34. The summed E-state index contributed by atoms with van der Waals surface area (Å²) in [6, 6.07) is 12.4. The molecule has 4 rings (SSSR count). The van der Waals surface area contributed by atoms with Gasteiger partial charge < -0.3 is 14.3 Å². The second-order valence-corrected chi connectivity index (χ2v) is 9.36. The lowest BCUT2D eigenvalue weighted by Gasteiger charge is -2.14. The number of nitrogens with zero attached hydrogens (tertiary/aromatic N) is 2. The first-order chi connectivity index (χ1) is 15.3. The Morgan fingerprint density at radius 3 is 2.62 bits per heavy atom. The Labute approximate surface area is 184 Å². The average molecular weight is 456 g/mol. The summed E-state index contributed by atoms with van der Waals surface area (Å²) in [4.78, 5) is 19.2. The minimum absolute atomic E-state index is 0.0131. The van der Waals surface area contributed by atoms with Crippen LogP contribution in [-0.4, -0.2) is 36.0 Å². The Morgan fingerprint density at radius 2 is 1.94 bits per heavy atom. The van der Waals surface area contributed by atoms with Crippen LogP contribution in [0.4, 0.5) is 4.39 Å². The molecule has 0 amide bonds. The Balaban J connectivity index is 1.89. The highest BCUT2D eigenvalue weighted by Crippen LogP contribution is 2.37. The zero-order valence-electron chi connectivity index (χ0n) is 17.8. The summed E-state index contributed by atoms with van der Waals surface area (Å²) >= 11 is 0. The molecule has 1 N–H and O–H groups in total. The van der Waals surface area contributed by atoms with Crippen molar-refractivity contribution in [3.8, 4) is 0 Å². The molecule has 0 aliphatic heterocycles. The molecule has 166 valence electrons. The van der Waals surface area contributed by atoms with Crippen molar-refractivity contribution in [2.75, 3.05) is 7.11 Å². The number of rotatable bonds is 6. The van der Waals surface area contributed by atoms with E-state index in [1.165, 1.54) is 37.7 Å². The Morgan fingerprint density at radius 1 is 1.22 bits per heavy atom. The third-order valence-electron chi connectivity index (χ3n) is 5.65. The Hall–Kier alpha value is -3.46. The fourth-order valence-corrected chi connectivity index (χ4v) is 5.56. The minimum atomic E-state index is -3.84. The van der Waals surface area contributed by atoms with Gasteiger partial charge in [-0.15, -0.1) is 0 Å². The van der Waals surface area contributed by atoms with E-state index in [2.05, 4.69) is 9.97 Å². The molecule has 0 fully saturated rings. The highest BCUT2D eigenvalue weighted by Gasteiger charge is 2.30. The van der Waals surface area contributed by atoms with Crippen molar-refractivity contribution in [3.63, 3.8) is 0 Å². The number of H-pyrrole nitrogens is 1. The molecular formula is C23H22FN3O4S. The predicted molar refractivity (Wildman–Crippen MR) is 117 cm³/mol. The van der Waals surface area contributed by atoms with E-state index in [1.807, 2.05) is 13.8 Å². The molecule has 2 aromatic heterocycles. The first-order valence-electron chi connectivity index (χ1n) is 9.94. The van der Waals surface area contributed by atoms with Crippen LogP contribution >= 0.6 is 0 Å². The quantitative estimate of drug-likeness (QED) is 0.444. The number of hydrogen-bond acceptors (Lipinski definition) is 5. The number of hydrogen-bond donors (Lipinski definition) is 1. The van der Waals surface area contributed by atoms with Gasteiger partial charge in [0.2, 0.25) is 9.84 Å². The molecule has 2 aromatic carbocycles. The predicted octanol–water partition coefficient (Wildman–Crippen LogP) is 3.97. The number of halogens is 1. The Kier molecular flexibility index (Phi) is 5.60. The number of methoxy groups -OCH3 is 1. The van der Waals surface area contributed by atoms with E-state index >= 15 is 0 Å². The van der Waals surface area contributed by atoms with Crippen LogP contribution < -0.4 is 0 Å². The van der Waals surface area contributed by atoms with Crippen molar-refractivity contribution in [1.82, 2.24) is 14.5 Å². The minimum Gasteiger partial charge on any atom is -0.468 e.